The fraction of sp³-hybridized carbons (Fsp3) is 1.00. The largest absolute Gasteiger partial charge is 0.224 e. The predicted octanol–water partition coefficient (Wildman–Crippen LogP) is 1.40. The quantitative estimate of drug-likeness (QED) is 0.701. The van der Waals surface area contributed by atoms with Gasteiger partial charge in [0.05, 0.1) is 0 Å². The molecule has 11 heavy (non-hydrogen) atoms. The highest BCUT2D eigenvalue weighted by Crippen LogP contribution is 2.08. The van der Waals surface area contributed by atoms with Gasteiger partial charge >= 0.3 is 0 Å². The number of hydrogen-bond acceptors (Lipinski definition) is 2. The maximum Gasteiger partial charge on any atom is 0.224 e. The van der Waals surface area contributed by atoms with E-state index in [0.717, 1.165) is 0 Å². The van der Waals surface area contributed by atoms with Gasteiger partial charge in [-0.25, -0.2) is 8.42 Å². The second-order valence-corrected chi connectivity index (χ2v) is 5.74. The lowest BCUT2D eigenvalue weighted by molar-refractivity contribution is 0.372. The molecule has 0 N–H and O–H groups in total. The van der Waals surface area contributed by atoms with Crippen molar-refractivity contribution >= 4 is 26.0 Å². The second-order valence-electron chi connectivity index (χ2n) is 2.52. The van der Waals surface area contributed by atoms with Crippen LogP contribution in [-0.4, -0.2) is 30.0 Å². The first-order chi connectivity index (χ1) is 4.95. The second kappa shape index (κ2) is 4.42. The van der Waals surface area contributed by atoms with Crippen LogP contribution >= 0.6 is 15.9 Å². The molecule has 0 bridgehead atoms. The van der Waals surface area contributed by atoms with Crippen LogP contribution in [0.25, 0.3) is 0 Å². The van der Waals surface area contributed by atoms with E-state index < -0.39 is 10.0 Å². The van der Waals surface area contributed by atoms with Crippen molar-refractivity contribution in [2.24, 2.45) is 0 Å². The molecule has 5 heteroatoms. The van der Waals surface area contributed by atoms with E-state index in [9.17, 15) is 8.42 Å². The monoisotopic (exact) mass is 243 g/mol. The molecule has 0 aliphatic carbocycles. The maximum atomic E-state index is 11.3. The molecule has 68 valence electrons. The van der Waals surface area contributed by atoms with E-state index in [1.807, 2.05) is 20.8 Å². The van der Waals surface area contributed by atoms with Gasteiger partial charge < -0.3 is 0 Å². The Morgan fingerprint density at radius 2 is 1.91 bits per heavy atom. The predicted molar refractivity (Wildman–Crippen MR) is 50.2 cm³/mol. The van der Waals surface area contributed by atoms with Crippen molar-refractivity contribution in [1.82, 2.24) is 4.31 Å². The molecule has 3 nitrogen and oxygen atoms in total. The summed E-state index contributed by atoms with van der Waals surface area (Å²) >= 11 is 2.95. The Hall–Kier alpha value is 0.390. The summed E-state index contributed by atoms with van der Waals surface area (Å²) in [4.78, 5) is 0. The van der Waals surface area contributed by atoms with E-state index in [1.54, 1.807) is 0 Å². The summed E-state index contributed by atoms with van der Waals surface area (Å²) in [5.41, 5.74) is 0. The van der Waals surface area contributed by atoms with E-state index in [1.165, 1.54) is 4.31 Å². The van der Waals surface area contributed by atoms with E-state index >= 15 is 0 Å². The van der Waals surface area contributed by atoms with E-state index in [4.69, 9.17) is 0 Å². The van der Waals surface area contributed by atoms with Gasteiger partial charge in [0, 0.05) is 12.6 Å². The summed E-state index contributed by atoms with van der Waals surface area (Å²) in [5, 5.41) is 0. The molecule has 0 atom stereocenters. The van der Waals surface area contributed by atoms with Gasteiger partial charge in [0.15, 0.2) is 0 Å². The van der Waals surface area contributed by atoms with E-state index in [-0.39, 0.29) is 10.7 Å². The molecule has 0 heterocycles. The third-order valence-corrected chi connectivity index (χ3v) is 4.79. The Morgan fingerprint density at radius 1 is 1.45 bits per heavy atom. The molecule has 0 saturated heterocycles. The van der Waals surface area contributed by atoms with Crippen LogP contribution in [0.15, 0.2) is 0 Å². The molecule has 0 aromatic heterocycles. The van der Waals surface area contributed by atoms with Gasteiger partial charge in [-0.1, -0.05) is 22.9 Å². The molecule has 0 aliphatic rings. The van der Waals surface area contributed by atoms with Crippen LogP contribution in [0.4, 0.5) is 0 Å². The number of nitrogens with zero attached hydrogens (tertiary/aromatic N) is 1. The van der Waals surface area contributed by atoms with E-state index in [2.05, 4.69) is 15.9 Å². The fourth-order valence-corrected chi connectivity index (χ4v) is 2.90. The summed E-state index contributed by atoms with van der Waals surface area (Å²) < 4.78 is 24.0. The van der Waals surface area contributed by atoms with Gasteiger partial charge in [-0.15, -0.1) is 0 Å². The first-order valence-electron chi connectivity index (χ1n) is 3.51. The van der Waals surface area contributed by atoms with Crippen LogP contribution in [0.3, 0.4) is 0 Å². The molecule has 0 amide bonds. The average molecular weight is 244 g/mol. The van der Waals surface area contributed by atoms with Crippen molar-refractivity contribution in [3.05, 3.63) is 0 Å². The topological polar surface area (TPSA) is 37.4 Å². The van der Waals surface area contributed by atoms with Gasteiger partial charge in [0.1, 0.15) is 4.66 Å². The lowest BCUT2D eigenvalue weighted by atomic mass is 10.4. The molecule has 0 rings (SSSR count). The highest BCUT2D eigenvalue weighted by atomic mass is 79.9. The van der Waals surface area contributed by atoms with Crippen LogP contribution in [0.1, 0.15) is 20.8 Å². The highest BCUT2D eigenvalue weighted by molar-refractivity contribution is 9.10. The maximum absolute atomic E-state index is 11.3. The van der Waals surface area contributed by atoms with Gasteiger partial charge in [-0.3, -0.25) is 0 Å². The van der Waals surface area contributed by atoms with E-state index in [0.29, 0.717) is 6.54 Å². The van der Waals surface area contributed by atoms with Gasteiger partial charge in [-0.2, -0.15) is 4.31 Å². The van der Waals surface area contributed by atoms with Crippen molar-refractivity contribution in [2.45, 2.75) is 26.8 Å². The third kappa shape index (κ3) is 3.09. The van der Waals surface area contributed by atoms with Crippen molar-refractivity contribution in [3.63, 3.8) is 0 Å². The molecule has 0 unspecified atom stereocenters. The Labute approximate surface area is 77.0 Å². The zero-order valence-electron chi connectivity index (χ0n) is 7.04. The minimum Gasteiger partial charge on any atom is -0.211 e. The minimum absolute atomic E-state index is 0.00597. The normalized spacial score (nSPS) is 12.9. The van der Waals surface area contributed by atoms with Crippen molar-refractivity contribution in [1.29, 1.82) is 0 Å². The Kier molecular flexibility index (Phi) is 4.58. The van der Waals surface area contributed by atoms with Gasteiger partial charge in [0.2, 0.25) is 10.0 Å². The van der Waals surface area contributed by atoms with Crippen LogP contribution < -0.4 is 0 Å². The zero-order chi connectivity index (χ0) is 9.07. The fourth-order valence-electron chi connectivity index (χ4n) is 0.946. The number of hydrogen-bond donors (Lipinski definition) is 0. The Morgan fingerprint density at radius 3 is 2.00 bits per heavy atom. The molecule has 0 saturated carbocycles. The number of halogens is 1. The van der Waals surface area contributed by atoms with Crippen LogP contribution in [0.2, 0.25) is 0 Å². The lowest BCUT2D eigenvalue weighted by Crippen LogP contribution is -2.37. The van der Waals surface area contributed by atoms with Crippen LogP contribution in [0.5, 0.6) is 0 Å². The SMILES string of the molecule is CCN(C(C)C)S(=O)(=O)CBr. The molecular formula is C6H14BrNO2S. The van der Waals surface area contributed by atoms with Crippen molar-refractivity contribution in [2.75, 3.05) is 11.2 Å². The summed E-state index contributed by atoms with van der Waals surface area (Å²) in [6.07, 6.45) is 0. The van der Waals surface area contributed by atoms with Gasteiger partial charge in [-0.05, 0) is 13.8 Å². The zero-order valence-corrected chi connectivity index (χ0v) is 9.44. The highest BCUT2D eigenvalue weighted by Gasteiger charge is 2.21. The molecular weight excluding hydrogens is 230 g/mol. The first kappa shape index (κ1) is 11.4. The smallest absolute Gasteiger partial charge is 0.211 e. The molecule has 0 fully saturated rings. The average Bonchev–Trinajstić information content (AvgIpc) is 1.88. The molecule has 0 aromatic carbocycles. The third-order valence-electron chi connectivity index (χ3n) is 1.38. The summed E-state index contributed by atoms with van der Waals surface area (Å²) in [6.45, 7) is 6.10. The number of alkyl halides is 1. The van der Waals surface area contributed by atoms with Crippen LogP contribution in [0, 0.1) is 0 Å². The molecule has 0 spiro atoms. The standard InChI is InChI=1S/C6H14BrNO2S/c1-4-8(6(2)3)11(9,10)5-7/h6H,4-5H2,1-3H3. The number of sulfonamides is 1. The molecule has 0 radical (unpaired) electrons. The van der Waals surface area contributed by atoms with Crippen molar-refractivity contribution < 1.29 is 8.42 Å². The summed E-state index contributed by atoms with van der Waals surface area (Å²) in [5.74, 6) is 0. The summed E-state index contributed by atoms with van der Waals surface area (Å²) in [7, 11) is -3.06. The van der Waals surface area contributed by atoms with Crippen molar-refractivity contribution in [3.8, 4) is 0 Å². The molecule has 0 aromatic rings. The first-order valence-corrected chi connectivity index (χ1v) is 6.24. The van der Waals surface area contributed by atoms with Crippen LogP contribution in [-0.2, 0) is 10.0 Å². The summed E-state index contributed by atoms with van der Waals surface area (Å²) in [6, 6.07) is 0.0440. The number of rotatable bonds is 4. The molecule has 0 aliphatic heterocycles. The lowest BCUT2D eigenvalue weighted by Gasteiger charge is -2.22. The minimum atomic E-state index is -3.06. The van der Waals surface area contributed by atoms with Gasteiger partial charge in [0.25, 0.3) is 0 Å². The Bertz CT molecular complexity index is 201. The Balaban J connectivity index is 4.51.